The molecule has 1 atom stereocenters. The van der Waals surface area contributed by atoms with Crippen LogP contribution in [0.3, 0.4) is 0 Å². The molecule has 3 rings (SSSR count). The van der Waals surface area contributed by atoms with Crippen molar-refractivity contribution in [2.24, 2.45) is 10.9 Å². The van der Waals surface area contributed by atoms with E-state index in [9.17, 15) is 10.1 Å². The zero-order valence-electron chi connectivity index (χ0n) is 13.4. The molecule has 0 spiro atoms. The molecule has 0 saturated heterocycles. The van der Waals surface area contributed by atoms with Crippen molar-refractivity contribution in [1.29, 1.82) is 0 Å². The zero-order valence-corrected chi connectivity index (χ0v) is 14.5. The van der Waals surface area contributed by atoms with Gasteiger partial charge in [-0.05, 0) is 50.4 Å². The van der Waals surface area contributed by atoms with E-state index in [1.54, 1.807) is 12.8 Å². The van der Waals surface area contributed by atoms with E-state index in [1.807, 2.05) is 12.8 Å². The maximum Gasteiger partial charge on any atom is 0.311 e. The minimum atomic E-state index is -0.413. The molecule has 2 fully saturated rings. The Hall–Kier alpha value is -0.611. The molecule has 3 aliphatic rings. The summed E-state index contributed by atoms with van der Waals surface area (Å²) >= 11 is 0. The van der Waals surface area contributed by atoms with Gasteiger partial charge in [-0.15, -0.1) is 0 Å². The third-order valence-corrected chi connectivity index (χ3v) is 3.49. The number of aliphatic imine (C=N–C) groups is 1. The Kier molecular flexibility index (Phi) is 8.55. The van der Waals surface area contributed by atoms with Gasteiger partial charge in [0.15, 0.2) is 5.90 Å². The average Bonchev–Trinajstić information content (AvgIpc) is 3.19. The molecular weight excluding hydrogens is 336 g/mol. The molecule has 0 bridgehead atoms. The van der Waals surface area contributed by atoms with E-state index in [0.717, 1.165) is 0 Å². The summed E-state index contributed by atoms with van der Waals surface area (Å²) in [7, 11) is 0. The van der Waals surface area contributed by atoms with Crippen LogP contribution >= 0.6 is 0 Å². The van der Waals surface area contributed by atoms with Crippen molar-refractivity contribution in [2.75, 3.05) is 6.61 Å². The number of rotatable bonds is 3. The van der Waals surface area contributed by atoms with Gasteiger partial charge in [0.05, 0.1) is 12.5 Å². The molecule has 1 aliphatic heterocycles. The molecule has 0 aromatic heterocycles. The van der Waals surface area contributed by atoms with Crippen molar-refractivity contribution in [3.05, 3.63) is 72.9 Å². The van der Waals surface area contributed by atoms with E-state index in [4.69, 9.17) is 4.74 Å². The van der Waals surface area contributed by atoms with Gasteiger partial charge in [0.2, 0.25) is 0 Å². The minimum absolute atomic E-state index is 0. The first-order valence-electron chi connectivity index (χ1n) is 7.28. The first-order valence-corrected chi connectivity index (χ1v) is 7.28. The quantitative estimate of drug-likeness (QED) is 0.444. The van der Waals surface area contributed by atoms with Crippen molar-refractivity contribution in [1.82, 2.24) is 0 Å². The van der Waals surface area contributed by atoms with Crippen LogP contribution in [0.4, 0.5) is 0 Å². The molecule has 0 N–H and O–H groups in total. The van der Waals surface area contributed by atoms with Crippen LogP contribution < -0.4 is 0 Å². The average molecular weight is 356 g/mol. The standard InChI is InChI=1S/C11H13N2O3.C6H7.Fe/c1-7(2)9-6-16-11(12-9)8-4-3-5-10(8)13(14)15;1-6-4-2-3-5-6;/h3-5,7,9H,6H2,1-2H3;2-5H,1H3;/t9-;;/m0../s1. The third kappa shape index (κ3) is 5.75. The first kappa shape index (κ1) is 20.4. The van der Waals surface area contributed by atoms with Gasteiger partial charge in [-0.25, -0.2) is 4.99 Å². The van der Waals surface area contributed by atoms with Gasteiger partial charge < -0.3 is 4.74 Å². The molecular formula is C17H20FeN2O3. The predicted molar refractivity (Wildman–Crippen MR) is 84.5 cm³/mol. The molecule has 10 radical (unpaired) electrons. The first-order chi connectivity index (χ1) is 10.5. The Morgan fingerprint density at radius 2 is 1.87 bits per heavy atom. The number of hydrogen-bond donors (Lipinski definition) is 0. The van der Waals surface area contributed by atoms with Crippen molar-refractivity contribution in [3.8, 4) is 0 Å². The Bertz CT molecular complexity index is 409. The minimum Gasteiger partial charge on any atom is -0.478 e. The summed E-state index contributed by atoms with van der Waals surface area (Å²) in [5, 5.41) is 10.7. The van der Waals surface area contributed by atoms with Crippen LogP contribution in [-0.2, 0) is 21.8 Å². The van der Waals surface area contributed by atoms with Crippen molar-refractivity contribution < 1.29 is 26.7 Å². The molecule has 23 heavy (non-hydrogen) atoms. The van der Waals surface area contributed by atoms with Crippen LogP contribution in [0.2, 0.25) is 0 Å². The fourth-order valence-electron chi connectivity index (χ4n) is 2.10. The number of hydrogen-bond acceptors (Lipinski definition) is 4. The summed E-state index contributed by atoms with van der Waals surface area (Å²) in [6.07, 6.45) is 13.0. The molecule has 5 nitrogen and oxygen atoms in total. The predicted octanol–water partition coefficient (Wildman–Crippen LogP) is 2.86. The fourth-order valence-corrected chi connectivity index (χ4v) is 2.10. The van der Waals surface area contributed by atoms with E-state index < -0.39 is 4.92 Å². The molecule has 6 heteroatoms. The smallest absolute Gasteiger partial charge is 0.311 e. The Balaban J connectivity index is 0.000000320. The molecule has 1 heterocycles. The van der Waals surface area contributed by atoms with Crippen LogP contribution in [0.25, 0.3) is 0 Å². The van der Waals surface area contributed by atoms with E-state index in [2.05, 4.69) is 38.6 Å². The summed E-state index contributed by atoms with van der Waals surface area (Å²) in [5.74, 6) is 2.60. The van der Waals surface area contributed by atoms with Gasteiger partial charge in [0, 0.05) is 22.0 Å². The number of nitro groups is 1. The van der Waals surface area contributed by atoms with Gasteiger partial charge in [0.25, 0.3) is 0 Å². The second kappa shape index (κ2) is 9.63. The summed E-state index contributed by atoms with van der Waals surface area (Å²) in [4.78, 5) is 14.7. The van der Waals surface area contributed by atoms with Crippen LogP contribution in [0.15, 0.2) is 4.99 Å². The Morgan fingerprint density at radius 1 is 1.22 bits per heavy atom. The van der Waals surface area contributed by atoms with Crippen molar-refractivity contribution >= 4 is 5.90 Å². The van der Waals surface area contributed by atoms with Gasteiger partial charge in [0.1, 0.15) is 12.5 Å². The molecule has 0 aromatic carbocycles. The summed E-state index contributed by atoms with van der Waals surface area (Å²) < 4.78 is 5.41. The summed E-state index contributed by atoms with van der Waals surface area (Å²) in [6.45, 7) is 6.70. The van der Waals surface area contributed by atoms with Crippen molar-refractivity contribution in [2.45, 2.75) is 26.8 Å². The van der Waals surface area contributed by atoms with Crippen LogP contribution in [0, 0.1) is 78.9 Å². The van der Waals surface area contributed by atoms with E-state index in [1.165, 1.54) is 12.3 Å². The fraction of sp³-hybridized carbons (Fsp3) is 0.353. The van der Waals surface area contributed by atoms with Crippen LogP contribution in [0.5, 0.6) is 0 Å². The van der Waals surface area contributed by atoms with Crippen LogP contribution in [-0.4, -0.2) is 23.5 Å². The van der Waals surface area contributed by atoms with Gasteiger partial charge in [-0.1, -0.05) is 20.8 Å². The summed E-state index contributed by atoms with van der Waals surface area (Å²) in [5.41, 5.74) is 0. The largest absolute Gasteiger partial charge is 0.478 e. The molecule has 0 aromatic rings. The summed E-state index contributed by atoms with van der Waals surface area (Å²) in [6, 6.07) is 0.160. The zero-order chi connectivity index (χ0) is 16.1. The van der Waals surface area contributed by atoms with Gasteiger partial charge in [-0.3, -0.25) is 10.1 Å². The molecule has 2 aliphatic carbocycles. The number of nitrogens with zero attached hydrogens (tertiary/aromatic N) is 2. The molecule has 0 unspecified atom stereocenters. The normalized spacial score (nSPS) is 25.6. The second-order valence-corrected chi connectivity index (χ2v) is 5.60. The topological polar surface area (TPSA) is 64.7 Å². The maximum atomic E-state index is 10.7. The molecule has 124 valence electrons. The van der Waals surface area contributed by atoms with E-state index in [-0.39, 0.29) is 29.2 Å². The van der Waals surface area contributed by atoms with Gasteiger partial charge in [-0.2, -0.15) is 0 Å². The molecule has 2 saturated carbocycles. The van der Waals surface area contributed by atoms with Crippen molar-refractivity contribution in [3.63, 3.8) is 0 Å². The van der Waals surface area contributed by atoms with E-state index >= 15 is 0 Å². The molecule has 0 amide bonds. The Morgan fingerprint density at radius 3 is 2.30 bits per heavy atom. The number of ether oxygens (including phenoxy) is 1. The van der Waals surface area contributed by atoms with Crippen LogP contribution in [0.1, 0.15) is 20.8 Å². The SMILES string of the molecule is CC(C)[C@@H]1COC([C]2[CH][CH][CH][C]2[N+](=O)[O-])=N1.C[C]1[CH][CH][CH][CH]1.[Fe]. The maximum absolute atomic E-state index is 10.7. The van der Waals surface area contributed by atoms with E-state index in [0.29, 0.717) is 24.3 Å². The van der Waals surface area contributed by atoms with Gasteiger partial charge >= 0.3 is 6.04 Å². The third-order valence-electron chi connectivity index (χ3n) is 3.49. The monoisotopic (exact) mass is 356 g/mol. The Labute approximate surface area is 150 Å². The second-order valence-electron chi connectivity index (χ2n) is 5.60.